The van der Waals surface area contributed by atoms with Gasteiger partial charge in [-0.25, -0.2) is 0 Å². The number of rotatable bonds is 4. The molecule has 3 rings (SSSR count). The summed E-state index contributed by atoms with van der Waals surface area (Å²) in [6, 6.07) is 12.6. The maximum Gasteiger partial charge on any atom is 0.226 e. The molecule has 1 amide bonds. The van der Waals surface area contributed by atoms with Crippen LogP contribution in [-0.2, 0) is 17.6 Å². The Balaban J connectivity index is 1.67. The average Bonchev–Trinajstić information content (AvgIpc) is 2.78. The molecule has 0 N–H and O–H groups in total. The van der Waals surface area contributed by atoms with Crippen LogP contribution in [0.25, 0.3) is 0 Å². The fourth-order valence-corrected chi connectivity index (χ4v) is 3.06. The predicted octanol–water partition coefficient (Wildman–Crippen LogP) is 2.11. The van der Waals surface area contributed by atoms with Gasteiger partial charge in [-0.15, -0.1) is 0 Å². The van der Waals surface area contributed by atoms with E-state index in [4.69, 9.17) is 0 Å². The summed E-state index contributed by atoms with van der Waals surface area (Å²) >= 11 is 0. The zero-order valence-electron chi connectivity index (χ0n) is 12.1. The molecule has 2 aromatic rings. The molecule has 1 saturated heterocycles. The van der Waals surface area contributed by atoms with E-state index in [1.165, 1.54) is 5.56 Å². The van der Waals surface area contributed by atoms with Crippen molar-refractivity contribution in [2.75, 3.05) is 7.05 Å². The Bertz CT molecular complexity index is 600. The third-order valence-electron chi connectivity index (χ3n) is 4.24. The van der Waals surface area contributed by atoms with Crippen molar-refractivity contribution >= 4 is 5.91 Å². The molecule has 4 nitrogen and oxygen atoms in total. The van der Waals surface area contributed by atoms with Crippen molar-refractivity contribution in [3.8, 4) is 0 Å². The van der Waals surface area contributed by atoms with E-state index in [-0.39, 0.29) is 11.8 Å². The van der Waals surface area contributed by atoms with Gasteiger partial charge in [-0.3, -0.25) is 4.79 Å². The minimum absolute atomic E-state index is 0.0629. The number of carbonyl (C=O) groups excluding carboxylic acids is 1. The molecule has 2 heterocycles. The minimum atomic E-state index is 0.0629. The van der Waals surface area contributed by atoms with Crippen molar-refractivity contribution in [1.82, 2.24) is 15.1 Å². The van der Waals surface area contributed by atoms with Gasteiger partial charge in [0.2, 0.25) is 5.91 Å². The van der Waals surface area contributed by atoms with Crippen LogP contribution in [0, 0.1) is 5.92 Å². The Morgan fingerprint density at radius 2 is 1.90 bits per heavy atom. The summed E-state index contributed by atoms with van der Waals surface area (Å²) in [5, 5.41) is 7.66. The zero-order chi connectivity index (χ0) is 14.7. The molecule has 0 saturated carbocycles. The number of carbonyl (C=O) groups is 1. The standard InChI is InChI=1S/C17H19N3O/c1-20-16(10-13-5-3-2-4-6-13)11-15(17(20)21)9-14-7-8-18-19-12-14/h2-8,12,15-16H,9-11H2,1H3/t15?,16-/m0/s1. The monoisotopic (exact) mass is 281 g/mol. The third-order valence-corrected chi connectivity index (χ3v) is 4.24. The molecule has 1 fully saturated rings. The number of hydrogen-bond acceptors (Lipinski definition) is 3. The van der Waals surface area contributed by atoms with Crippen molar-refractivity contribution in [3.63, 3.8) is 0 Å². The molecule has 0 spiro atoms. The number of likely N-dealkylation sites (N-methyl/N-ethyl adjacent to an activating group) is 1. The van der Waals surface area contributed by atoms with Crippen molar-refractivity contribution in [2.24, 2.45) is 5.92 Å². The van der Waals surface area contributed by atoms with Gasteiger partial charge in [0.1, 0.15) is 0 Å². The Morgan fingerprint density at radius 3 is 2.62 bits per heavy atom. The molecule has 0 bridgehead atoms. The van der Waals surface area contributed by atoms with E-state index in [1.54, 1.807) is 12.4 Å². The summed E-state index contributed by atoms with van der Waals surface area (Å²) < 4.78 is 0. The molecule has 1 unspecified atom stereocenters. The zero-order valence-corrected chi connectivity index (χ0v) is 12.1. The van der Waals surface area contributed by atoms with Crippen LogP contribution in [0.3, 0.4) is 0 Å². The Kier molecular flexibility index (Phi) is 3.95. The van der Waals surface area contributed by atoms with Gasteiger partial charge in [0.05, 0.1) is 6.20 Å². The summed E-state index contributed by atoms with van der Waals surface area (Å²) in [7, 11) is 1.92. The van der Waals surface area contributed by atoms with Gasteiger partial charge in [0.15, 0.2) is 0 Å². The molecule has 1 aromatic carbocycles. The SMILES string of the molecule is CN1C(=O)C(Cc2ccnnc2)C[C@@H]1Cc1ccccc1. The Morgan fingerprint density at radius 1 is 1.10 bits per heavy atom. The fraction of sp³-hybridized carbons (Fsp3) is 0.353. The van der Waals surface area contributed by atoms with Gasteiger partial charge in [-0.1, -0.05) is 30.3 Å². The number of amides is 1. The molecule has 1 aromatic heterocycles. The van der Waals surface area contributed by atoms with Crippen LogP contribution in [0.1, 0.15) is 17.5 Å². The van der Waals surface area contributed by atoms with Crippen LogP contribution < -0.4 is 0 Å². The molecule has 1 aliphatic rings. The fourth-order valence-electron chi connectivity index (χ4n) is 3.06. The van der Waals surface area contributed by atoms with Crippen LogP contribution in [0.4, 0.5) is 0 Å². The van der Waals surface area contributed by atoms with E-state index in [0.717, 1.165) is 24.8 Å². The van der Waals surface area contributed by atoms with Crippen LogP contribution >= 0.6 is 0 Å². The van der Waals surface area contributed by atoms with E-state index < -0.39 is 0 Å². The summed E-state index contributed by atoms with van der Waals surface area (Å²) in [5.74, 6) is 0.306. The first-order valence-electron chi connectivity index (χ1n) is 7.30. The summed E-state index contributed by atoms with van der Waals surface area (Å²) in [4.78, 5) is 14.3. The van der Waals surface area contributed by atoms with Gasteiger partial charge < -0.3 is 4.90 Å². The molecule has 2 atom stereocenters. The number of nitrogens with zero attached hydrogens (tertiary/aromatic N) is 3. The topological polar surface area (TPSA) is 46.1 Å². The average molecular weight is 281 g/mol. The molecule has 21 heavy (non-hydrogen) atoms. The quantitative estimate of drug-likeness (QED) is 0.862. The third kappa shape index (κ3) is 3.10. The van der Waals surface area contributed by atoms with Crippen molar-refractivity contribution in [2.45, 2.75) is 25.3 Å². The second kappa shape index (κ2) is 6.04. The molecule has 108 valence electrons. The normalized spacial score (nSPS) is 21.8. The molecule has 0 aliphatic carbocycles. The predicted molar refractivity (Wildman–Crippen MR) is 80.5 cm³/mol. The summed E-state index contributed by atoms with van der Waals surface area (Å²) in [6.45, 7) is 0. The molecule has 4 heteroatoms. The first-order chi connectivity index (χ1) is 10.2. The lowest BCUT2D eigenvalue weighted by atomic mass is 9.95. The highest BCUT2D eigenvalue weighted by atomic mass is 16.2. The lowest BCUT2D eigenvalue weighted by Gasteiger charge is -2.19. The lowest BCUT2D eigenvalue weighted by molar-refractivity contribution is -0.130. The van der Waals surface area contributed by atoms with Gasteiger partial charge in [0, 0.05) is 25.2 Å². The van der Waals surface area contributed by atoms with E-state index in [1.807, 2.05) is 36.2 Å². The second-order valence-electron chi connectivity index (χ2n) is 5.68. The highest BCUT2D eigenvalue weighted by Gasteiger charge is 2.36. The largest absolute Gasteiger partial charge is 0.342 e. The summed E-state index contributed by atoms with van der Waals surface area (Å²) in [6.07, 6.45) is 6.02. The number of benzene rings is 1. The number of hydrogen-bond donors (Lipinski definition) is 0. The minimum Gasteiger partial charge on any atom is -0.342 e. The Hall–Kier alpha value is -2.23. The molecule has 1 aliphatic heterocycles. The van der Waals surface area contributed by atoms with E-state index in [9.17, 15) is 4.79 Å². The van der Waals surface area contributed by atoms with Crippen molar-refractivity contribution in [3.05, 3.63) is 59.9 Å². The molecular formula is C17H19N3O. The van der Waals surface area contributed by atoms with Crippen molar-refractivity contribution < 1.29 is 4.79 Å². The number of likely N-dealkylation sites (tertiary alicyclic amines) is 1. The van der Waals surface area contributed by atoms with Gasteiger partial charge in [-0.05, 0) is 36.5 Å². The van der Waals surface area contributed by atoms with Crippen LogP contribution in [0.2, 0.25) is 0 Å². The maximum atomic E-state index is 12.4. The number of aromatic nitrogens is 2. The second-order valence-corrected chi connectivity index (χ2v) is 5.68. The van der Waals surface area contributed by atoms with E-state index >= 15 is 0 Å². The lowest BCUT2D eigenvalue weighted by Crippen LogP contribution is -2.31. The first kappa shape index (κ1) is 13.7. The van der Waals surface area contributed by atoms with Crippen molar-refractivity contribution in [1.29, 1.82) is 0 Å². The molecule has 0 radical (unpaired) electrons. The van der Waals surface area contributed by atoms with Gasteiger partial charge >= 0.3 is 0 Å². The first-order valence-corrected chi connectivity index (χ1v) is 7.30. The smallest absolute Gasteiger partial charge is 0.226 e. The maximum absolute atomic E-state index is 12.4. The highest BCUT2D eigenvalue weighted by Crippen LogP contribution is 2.28. The van der Waals surface area contributed by atoms with Gasteiger partial charge in [-0.2, -0.15) is 10.2 Å². The van der Waals surface area contributed by atoms with Crippen LogP contribution in [-0.4, -0.2) is 34.1 Å². The van der Waals surface area contributed by atoms with Crippen LogP contribution in [0.5, 0.6) is 0 Å². The summed E-state index contributed by atoms with van der Waals surface area (Å²) in [5.41, 5.74) is 2.37. The Labute approximate surface area is 124 Å². The highest BCUT2D eigenvalue weighted by molar-refractivity contribution is 5.81. The van der Waals surface area contributed by atoms with Crippen LogP contribution in [0.15, 0.2) is 48.8 Å². The van der Waals surface area contributed by atoms with Gasteiger partial charge in [0.25, 0.3) is 0 Å². The van der Waals surface area contributed by atoms with E-state index in [0.29, 0.717) is 6.04 Å². The van der Waals surface area contributed by atoms with E-state index in [2.05, 4.69) is 22.3 Å². The molecular weight excluding hydrogens is 262 g/mol.